The molecule has 0 aliphatic carbocycles. The van der Waals surface area contributed by atoms with Gasteiger partial charge in [-0.25, -0.2) is 4.79 Å². The van der Waals surface area contributed by atoms with Gasteiger partial charge < -0.3 is 14.6 Å². The number of hydrogen-bond donors (Lipinski definition) is 1. The average Bonchev–Trinajstić information content (AvgIpc) is 2.04. The van der Waals surface area contributed by atoms with Gasteiger partial charge in [-0.3, -0.25) is 0 Å². The summed E-state index contributed by atoms with van der Waals surface area (Å²) in [5.41, 5.74) is 0.217. The van der Waals surface area contributed by atoms with Crippen molar-refractivity contribution in [3.63, 3.8) is 0 Å². The molecule has 0 radical (unpaired) electrons. The van der Waals surface area contributed by atoms with Crippen molar-refractivity contribution in [3.8, 4) is 0 Å². The van der Waals surface area contributed by atoms with E-state index in [-0.39, 0.29) is 5.57 Å². The zero-order chi connectivity index (χ0) is 11.2. The van der Waals surface area contributed by atoms with Gasteiger partial charge in [0.05, 0.1) is 0 Å². The predicted octanol–water partition coefficient (Wildman–Crippen LogP) is 1.81. The van der Waals surface area contributed by atoms with E-state index in [0.717, 1.165) is 0 Å². The van der Waals surface area contributed by atoms with Crippen LogP contribution in [0.3, 0.4) is 0 Å². The largest absolute Gasteiger partial charge is 0.478 e. The summed E-state index contributed by atoms with van der Waals surface area (Å²) in [4.78, 5) is 10.6. The van der Waals surface area contributed by atoms with Crippen molar-refractivity contribution in [1.29, 1.82) is 0 Å². The van der Waals surface area contributed by atoms with E-state index in [1.807, 2.05) is 13.8 Å². The van der Waals surface area contributed by atoms with Crippen LogP contribution in [0.25, 0.3) is 0 Å². The lowest BCUT2D eigenvalue weighted by molar-refractivity contribution is -0.187. The normalized spacial score (nSPS) is 13.0. The molecule has 0 unspecified atom stereocenters. The molecule has 4 nitrogen and oxygen atoms in total. The lowest BCUT2D eigenvalue weighted by Crippen LogP contribution is -2.31. The summed E-state index contributed by atoms with van der Waals surface area (Å²) in [6.45, 7) is 7.83. The number of carbonyl (C=O) groups is 1. The van der Waals surface area contributed by atoms with E-state index < -0.39 is 11.8 Å². The SMILES string of the molecule is CCOC(C)(C=C(C)C(=O)O)OCC. The van der Waals surface area contributed by atoms with E-state index in [2.05, 4.69) is 0 Å². The maximum absolute atomic E-state index is 10.6. The second-order valence-corrected chi connectivity index (χ2v) is 3.01. The molecule has 0 aromatic carbocycles. The van der Waals surface area contributed by atoms with Crippen LogP contribution in [0, 0.1) is 0 Å². The van der Waals surface area contributed by atoms with Gasteiger partial charge in [0.15, 0.2) is 5.79 Å². The molecule has 0 aliphatic rings. The summed E-state index contributed by atoms with van der Waals surface area (Å²) in [5, 5.41) is 8.70. The highest BCUT2D eigenvalue weighted by molar-refractivity contribution is 5.85. The fourth-order valence-corrected chi connectivity index (χ4v) is 1.15. The highest BCUT2D eigenvalue weighted by Gasteiger charge is 2.23. The minimum absolute atomic E-state index is 0.217. The zero-order valence-electron chi connectivity index (χ0n) is 9.16. The van der Waals surface area contributed by atoms with Crippen molar-refractivity contribution in [2.24, 2.45) is 0 Å². The molecule has 0 atom stereocenters. The Morgan fingerprint density at radius 1 is 1.36 bits per heavy atom. The van der Waals surface area contributed by atoms with E-state index in [1.54, 1.807) is 6.92 Å². The fraction of sp³-hybridized carbons (Fsp3) is 0.700. The summed E-state index contributed by atoms with van der Waals surface area (Å²) in [7, 11) is 0. The summed E-state index contributed by atoms with van der Waals surface area (Å²) in [6.07, 6.45) is 1.47. The molecule has 0 rings (SSSR count). The average molecular weight is 202 g/mol. The van der Waals surface area contributed by atoms with Gasteiger partial charge in [0.25, 0.3) is 0 Å². The molecule has 0 saturated heterocycles. The van der Waals surface area contributed by atoms with Crippen LogP contribution >= 0.6 is 0 Å². The lowest BCUT2D eigenvalue weighted by atomic mass is 10.2. The minimum atomic E-state index is -0.962. The van der Waals surface area contributed by atoms with Crippen molar-refractivity contribution >= 4 is 5.97 Å². The Kier molecular flexibility index (Phi) is 5.42. The standard InChI is InChI=1S/C10H18O4/c1-5-13-10(4,14-6-2)7-8(3)9(11)12/h7H,5-6H2,1-4H3,(H,11,12). The molecule has 1 N–H and O–H groups in total. The van der Waals surface area contributed by atoms with Crippen LogP contribution in [0.1, 0.15) is 27.7 Å². The highest BCUT2D eigenvalue weighted by Crippen LogP contribution is 2.16. The van der Waals surface area contributed by atoms with Crippen LogP contribution in [0.2, 0.25) is 0 Å². The summed E-state index contributed by atoms with van der Waals surface area (Å²) in [6, 6.07) is 0. The third kappa shape index (κ3) is 4.39. The molecule has 0 aliphatic heterocycles. The Balaban J connectivity index is 4.64. The molecule has 0 heterocycles. The Labute approximate surface area is 84.5 Å². The first-order chi connectivity index (χ1) is 6.45. The minimum Gasteiger partial charge on any atom is -0.478 e. The van der Waals surface area contributed by atoms with Crippen LogP contribution < -0.4 is 0 Å². The Hall–Kier alpha value is -0.870. The maximum atomic E-state index is 10.6. The van der Waals surface area contributed by atoms with Gasteiger partial charge >= 0.3 is 5.97 Å². The van der Waals surface area contributed by atoms with Gasteiger partial charge in [-0.05, 0) is 33.8 Å². The molecular formula is C10H18O4. The zero-order valence-corrected chi connectivity index (χ0v) is 9.16. The Bertz CT molecular complexity index is 214. The first kappa shape index (κ1) is 13.1. The van der Waals surface area contributed by atoms with Crippen molar-refractivity contribution < 1.29 is 19.4 Å². The number of carboxylic acid groups (broad SMARTS) is 1. The van der Waals surface area contributed by atoms with Gasteiger partial charge in [-0.2, -0.15) is 0 Å². The monoisotopic (exact) mass is 202 g/mol. The molecular weight excluding hydrogens is 184 g/mol. The van der Waals surface area contributed by atoms with E-state index in [4.69, 9.17) is 14.6 Å². The summed E-state index contributed by atoms with van der Waals surface area (Å²) < 4.78 is 10.7. The molecule has 82 valence electrons. The molecule has 4 heteroatoms. The van der Waals surface area contributed by atoms with Gasteiger partial charge in [0.2, 0.25) is 0 Å². The molecule has 14 heavy (non-hydrogen) atoms. The lowest BCUT2D eigenvalue weighted by Gasteiger charge is -2.26. The number of aliphatic carboxylic acids is 1. The van der Waals surface area contributed by atoms with Gasteiger partial charge in [-0.1, -0.05) is 0 Å². The van der Waals surface area contributed by atoms with Crippen LogP contribution in [0.15, 0.2) is 11.6 Å². The number of rotatable bonds is 6. The molecule has 0 bridgehead atoms. The third-order valence-electron chi connectivity index (χ3n) is 1.68. The van der Waals surface area contributed by atoms with Crippen molar-refractivity contribution in [2.45, 2.75) is 33.5 Å². The van der Waals surface area contributed by atoms with Crippen molar-refractivity contribution in [1.82, 2.24) is 0 Å². The molecule has 0 spiro atoms. The van der Waals surface area contributed by atoms with Gasteiger partial charge in [0, 0.05) is 18.8 Å². The number of ether oxygens (including phenoxy) is 2. The molecule has 0 aromatic rings. The predicted molar refractivity (Wildman–Crippen MR) is 53.0 cm³/mol. The van der Waals surface area contributed by atoms with E-state index >= 15 is 0 Å². The van der Waals surface area contributed by atoms with Crippen LogP contribution in [-0.4, -0.2) is 30.1 Å². The van der Waals surface area contributed by atoms with E-state index in [1.165, 1.54) is 13.0 Å². The molecule has 0 amide bonds. The summed E-state index contributed by atoms with van der Waals surface area (Å²) >= 11 is 0. The molecule has 0 fully saturated rings. The number of carboxylic acids is 1. The Morgan fingerprint density at radius 3 is 2.07 bits per heavy atom. The molecule has 0 saturated carbocycles. The first-order valence-electron chi connectivity index (χ1n) is 4.65. The van der Waals surface area contributed by atoms with Crippen molar-refractivity contribution in [3.05, 3.63) is 11.6 Å². The second-order valence-electron chi connectivity index (χ2n) is 3.01. The summed E-state index contributed by atoms with van der Waals surface area (Å²) in [5.74, 6) is -1.90. The maximum Gasteiger partial charge on any atom is 0.331 e. The smallest absolute Gasteiger partial charge is 0.331 e. The van der Waals surface area contributed by atoms with Gasteiger partial charge in [0.1, 0.15) is 0 Å². The fourth-order valence-electron chi connectivity index (χ4n) is 1.15. The second kappa shape index (κ2) is 5.78. The van der Waals surface area contributed by atoms with Crippen molar-refractivity contribution in [2.75, 3.05) is 13.2 Å². The Morgan fingerprint density at radius 2 is 1.79 bits per heavy atom. The first-order valence-corrected chi connectivity index (χ1v) is 4.65. The third-order valence-corrected chi connectivity index (χ3v) is 1.68. The topological polar surface area (TPSA) is 55.8 Å². The van der Waals surface area contributed by atoms with Crippen LogP contribution in [0.5, 0.6) is 0 Å². The number of hydrogen-bond acceptors (Lipinski definition) is 3. The quantitative estimate of drug-likeness (QED) is 0.527. The highest BCUT2D eigenvalue weighted by atomic mass is 16.7. The van der Waals surface area contributed by atoms with E-state index in [0.29, 0.717) is 13.2 Å². The van der Waals surface area contributed by atoms with E-state index in [9.17, 15) is 4.79 Å². The molecule has 0 aromatic heterocycles. The van der Waals surface area contributed by atoms with Crippen LogP contribution in [0.4, 0.5) is 0 Å². The van der Waals surface area contributed by atoms with Gasteiger partial charge in [-0.15, -0.1) is 0 Å². The van der Waals surface area contributed by atoms with Crippen LogP contribution in [-0.2, 0) is 14.3 Å².